The number of rotatable bonds is 3. The Morgan fingerprint density at radius 1 is 1.00 bits per heavy atom. The Morgan fingerprint density at radius 3 is 2.25 bits per heavy atom. The number of halogens is 4. The fraction of sp³-hybridized carbons (Fsp3) is 0.381. The molecule has 0 atom stereocenters. The van der Waals surface area contributed by atoms with E-state index in [2.05, 4.69) is 25.8 Å². The lowest BCUT2D eigenvalue weighted by atomic mass is 9.87. The van der Waals surface area contributed by atoms with E-state index in [4.69, 9.17) is 11.6 Å². The van der Waals surface area contributed by atoms with Crippen molar-refractivity contribution in [3.63, 3.8) is 0 Å². The predicted molar refractivity (Wildman–Crippen MR) is 108 cm³/mol. The average Bonchev–Trinajstić information content (AvgIpc) is 2.62. The SMILES string of the molecule is CC(C)(C)c1ccc(N2CN(Cc3ccccc3C(F)(F)F)CN=C2Cl)cc1. The van der Waals surface area contributed by atoms with E-state index in [1.807, 2.05) is 29.2 Å². The minimum absolute atomic E-state index is 0.0334. The summed E-state index contributed by atoms with van der Waals surface area (Å²) >= 11 is 6.29. The summed E-state index contributed by atoms with van der Waals surface area (Å²) in [5.74, 6) is 0. The molecule has 1 aliphatic rings. The number of alkyl halides is 3. The second-order valence-corrected chi connectivity index (χ2v) is 8.26. The van der Waals surface area contributed by atoms with Crippen molar-refractivity contribution in [3.05, 3.63) is 65.2 Å². The van der Waals surface area contributed by atoms with Gasteiger partial charge < -0.3 is 4.90 Å². The third-order valence-electron chi connectivity index (χ3n) is 4.73. The van der Waals surface area contributed by atoms with Crippen LogP contribution in [0.4, 0.5) is 18.9 Å². The zero-order valence-corrected chi connectivity index (χ0v) is 16.8. The number of amidine groups is 1. The number of hydrogen-bond donors (Lipinski definition) is 0. The molecule has 0 aliphatic carbocycles. The van der Waals surface area contributed by atoms with Crippen molar-refractivity contribution >= 4 is 22.6 Å². The van der Waals surface area contributed by atoms with Gasteiger partial charge >= 0.3 is 6.18 Å². The first-order valence-corrected chi connectivity index (χ1v) is 9.39. The number of anilines is 1. The molecule has 0 saturated heterocycles. The highest BCUT2D eigenvalue weighted by molar-refractivity contribution is 6.67. The highest BCUT2D eigenvalue weighted by Gasteiger charge is 2.33. The molecule has 0 spiro atoms. The molecule has 3 nitrogen and oxygen atoms in total. The Labute approximate surface area is 168 Å². The molecule has 0 saturated carbocycles. The topological polar surface area (TPSA) is 18.8 Å². The molecule has 28 heavy (non-hydrogen) atoms. The minimum atomic E-state index is -4.38. The molecule has 0 unspecified atom stereocenters. The molecule has 150 valence electrons. The van der Waals surface area contributed by atoms with Crippen molar-refractivity contribution in [1.82, 2.24) is 4.90 Å². The van der Waals surface area contributed by atoms with Gasteiger partial charge in [0.25, 0.3) is 0 Å². The van der Waals surface area contributed by atoms with E-state index in [-0.39, 0.29) is 24.2 Å². The van der Waals surface area contributed by atoms with Crippen molar-refractivity contribution in [2.45, 2.75) is 38.9 Å². The van der Waals surface area contributed by atoms with E-state index in [0.717, 1.165) is 11.8 Å². The molecule has 0 fully saturated rings. The van der Waals surface area contributed by atoms with Crippen LogP contribution in [0.1, 0.15) is 37.5 Å². The van der Waals surface area contributed by atoms with Crippen LogP contribution in [-0.4, -0.2) is 23.5 Å². The summed E-state index contributed by atoms with van der Waals surface area (Å²) in [4.78, 5) is 7.91. The van der Waals surface area contributed by atoms with E-state index in [0.29, 0.717) is 12.0 Å². The highest BCUT2D eigenvalue weighted by atomic mass is 35.5. The molecule has 3 rings (SSSR count). The Balaban J connectivity index is 1.80. The second-order valence-electron chi connectivity index (χ2n) is 7.92. The van der Waals surface area contributed by atoms with Gasteiger partial charge in [0.2, 0.25) is 5.29 Å². The fourth-order valence-corrected chi connectivity index (χ4v) is 3.36. The third-order valence-corrected chi connectivity index (χ3v) is 5.05. The van der Waals surface area contributed by atoms with Crippen molar-refractivity contribution in [1.29, 1.82) is 0 Å². The highest BCUT2D eigenvalue weighted by Crippen LogP contribution is 2.33. The van der Waals surface area contributed by atoms with E-state index in [9.17, 15) is 13.2 Å². The molecular weight excluding hydrogens is 387 g/mol. The van der Waals surface area contributed by atoms with E-state index in [1.165, 1.54) is 17.7 Å². The first kappa shape index (κ1) is 20.7. The lowest BCUT2D eigenvalue weighted by Gasteiger charge is -2.34. The number of nitrogens with zero attached hydrogens (tertiary/aromatic N) is 3. The summed E-state index contributed by atoms with van der Waals surface area (Å²) in [7, 11) is 0. The molecule has 0 radical (unpaired) electrons. The first-order chi connectivity index (χ1) is 13.1. The van der Waals surface area contributed by atoms with Crippen molar-refractivity contribution in [2.75, 3.05) is 18.2 Å². The average molecular weight is 410 g/mol. The Bertz CT molecular complexity index is 854. The van der Waals surface area contributed by atoms with Crippen LogP contribution >= 0.6 is 11.6 Å². The first-order valence-electron chi connectivity index (χ1n) is 9.01. The van der Waals surface area contributed by atoms with E-state index >= 15 is 0 Å². The van der Waals surface area contributed by atoms with E-state index in [1.54, 1.807) is 11.0 Å². The molecule has 2 aromatic carbocycles. The van der Waals surface area contributed by atoms with Crippen molar-refractivity contribution in [2.24, 2.45) is 4.99 Å². The summed E-state index contributed by atoms with van der Waals surface area (Å²) in [5, 5.41) is 0.337. The Hall–Kier alpha value is -2.05. The molecule has 0 N–H and O–H groups in total. The molecule has 0 aromatic heterocycles. The predicted octanol–water partition coefficient (Wildman–Crippen LogP) is 5.83. The van der Waals surface area contributed by atoms with Crippen molar-refractivity contribution < 1.29 is 13.2 Å². The Kier molecular flexibility index (Phi) is 5.73. The van der Waals surface area contributed by atoms with Crippen LogP contribution in [0.25, 0.3) is 0 Å². The second kappa shape index (κ2) is 7.76. The lowest BCUT2D eigenvalue weighted by Crippen LogP contribution is -2.44. The summed E-state index contributed by atoms with van der Waals surface area (Å²) in [6.45, 7) is 7.16. The largest absolute Gasteiger partial charge is 0.416 e. The standard InChI is InChI=1S/C21H23ClF3N3/c1-20(2,3)16-8-10-17(11-9-16)28-14-27(13-26-19(28)22)12-15-6-4-5-7-18(15)21(23,24)25/h4-11H,12-14H2,1-3H3. The normalized spacial score (nSPS) is 16.2. The summed E-state index contributed by atoms with van der Waals surface area (Å²) in [6.07, 6.45) is -4.38. The maximum atomic E-state index is 13.3. The third kappa shape index (κ3) is 4.67. The number of hydrogen-bond acceptors (Lipinski definition) is 3. The Morgan fingerprint density at radius 2 is 1.64 bits per heavy atom. The van der Waals surface area contributed by atoms with Gasteiger partial charge in [-0.15, -0.1) is 0 Å². The van der Waals surface area contributed by atoms with Crippen LogP contribution in [-0.2, 0) is 18.1 Å². The molecule has 0 bridgehead atoms. The zero-order chi connectivity index (χ0) is 20.5. The molecule has 0 amide bonds. The van der Waals surface area contributed by atoms with Gasteiger partial charge in [0.15, 0.2) is 0 Å². The summed E-state index contributed by atoms with van der Waals surface area (Å²) in [6, 6.07) is 13.6. The lowest BCUT2D eigenvalue weighted by molar-refractivity contribution is -0.138. The van der Waals surface area contributed by atoms with Crippen LogP contribution in [0, 0.1) is 0 Å². The maximum Gasteiger partial charge on any atom is 0.416 e. The van der Waals surface area contributed by atoms with Gasteiger partial charge in [-0.3, -0.25) is 4.90 Å². The zero-order valence-electron chi connectivity index (χ0n) is 16.1. The molecular formula is C21H23ClF3N3. The van der Waals surface area contributed by atoms with E-state index < -0.39 is 11.7 Å². The monoisotopic (exact) mass is 409 g/mol. The number of aliphatic imine (C=N–C) groups is 1. The van der Waals surface area contributed by atoms with Crippen LogP contribution in [0.15, 0.2) is 53.5 Å². The minimum Gasteiger partial charge on any atom is -0.303 e. The van der Waals surface area contributed by atoms with Gasteiger partial charge in [0, 0.05) is 12.2 Å². The quantitative estimate of drug-likeness (QED) is 0.593. The van der Waals surface area contributed by atoms with Crippen LogP contribution < -0.4 is 4.90 Å². The van der Waals surface area contributed by atoms with Gasteiger partial charge in [-0.25, -0.2) is 4.99 Å². The molecule has 2 aromatic rings. The molecule has 1 heterocycles. The summed E-state index contributed by atoms with van der Waals surface area (Å²) < 4.78 is 39.8. The van der Waals surface area contributed by atoms with Crippen LogP contribution in [0.5, 0.6) is 0 Å². The van der Waals surface area contributed by atoms with Gasteiger partial charge in [-0.2, -0.15) is 13.2 Å². The van der Waals surface area contributed by atoms with Gasteiger partial charge in [-0.1, -0.05) is 51.1 Å². The molecule has 1 aliphatic heterocycles. The van der Waals surface area contributed by atoms with Gasteiger partial charge in [0.1, 0.15) is 0 Å². The number of benzene rings is 2. The fourth-order valence-electron chi connectivity index (χ4n) is 3.15. The maximum absolute atomic E-state index is 13.3. The van der Waals surface area contributed by atoms with Crippen LogP contribution in [0.3, 0.4) is 0 Å². The van der Waals surface area contributed by atoms with Gasteiger partial charge in [0.05, 0.1) is 18.9 Å². The smallest absolute Gasteiger partial charge is 0.303 e. The van der Waals surface area contributed by atoms with Gasteiger partial charge in [-0.05, 0) is 46.3 Å². The summed E-state index contributed by atoms with van der Waals surface area (Å²) in [5.41, 5.74) is 1.70. The van der Waals surface area contributed by atoms with Crippen LogP contribution in [0.2, 0.25) is 0 Å². The van der Waals surface area contributed by atoms with Crippen molar-refractivity contribution in [3.8, 4) is 0 Å². The molecule has 7 heteroatoms.